The van der Waals surface area contributed by atoms with Crippen LogP contribution in [0.4, 0.5) is 5.69 Å². The summed E-state index contributed by atoms with van der Waals surface area (Å²) in [6, 6.07) is 14.7. The molecule has 1 amide bonds. The summed E-state index contributed by atoms with van der Waals surface area (Å²) in [7, 11) is 0. The summed E-state index contributed by atoms with van der Waals surface area (Å²) in [5, 5.41) is 4.62. The fourth-order valence-electron chi connectivity index (χ4n) is 2.85. The summed E-state index contributed by atoms with van der Waals surface area (Å²) in [6.45, 7) is 1.03. The Morgan fingerprint density at radius 2 is 1.96 bits per heavy atom. The van der Waals surface area contributed by atoms with Crippen molar-refractivity contribution in [3.05, 3.63) is 59.4 Å². The van der Waals surface area contributed by atoms with Gasteiger partial charge in [0.25, 0.3) is 0 Å². The van der Waals surface area contributed by atoms with Crippen LogP contribution >= 0.6 is 11.6 Å². The predicted molar refractivity (Wildman–Crippen MR) is 97.4 cm³/mol. The largest absolute Gasteiger partial charge is 0.490 e. The number of amides is 1. The molecule has 0 N–H and O–H groups in total. The predicted octanol–water partition coefficient (Wildman–Crippen LogP) is 3.75. The molecule has 0 aliphatic carbocycles. The van der Waals surface area contributed by atoms with Gasteiger partial charge in [0.2, 0.25) is 17.6 Å². The Morgan fingerprint density at radius 3 is 2.81 bits per heavy atom. The number of carbonyl (C=O) groups is 1. The number of halogens is 1. The average molecular weight is 370 g/mol. The molecule has 0 fully saturated rings. The lowest BCUT2D eigenvalue weighted by Gasteiger charge is -2.29. The van der Waals surface area contributed by atoms with Gasteiger partial charge in [0.1, 0.15) is 12.4 Å². The van der Waals surface area contributed by atoms with Gasteiger partial charge in [0.05, 0.1) is 12.2 Å². The van der Waals surface area contributed by atoms with Crippen molar-refractivity contribution in [3.8, 4) is 17.1 Å². The maximum Gasteiger partial charge on any atom is 0.227 e. The number of anilines is 1. The zero-order valence-corrected chi connectivity index (χ0v) is 14.6. The van der Waals surface area contributed by atoms with Crippen LogP contribution in [-0.2, 0) is 11.2 Å². The van der Waals surface area contributed by atoms with Crippen molar-refractivity contribution in [2.45, 2.75) is 12.8 Å². The van der Waals surface area contributed by atoms with Gasteiger partial charge in [-0.15, -0.1) is 0 Å². The van der Waals surface area contributed by atoms with Gasteiger partial charge >= 0.3 is 0 Å². The highest BCUT2D eigenvalue weighted by atomic mass is 35.5. The van der Waals surface area contributed by atoms with Gasteiger partial charge in [0.15, 0.2) is 0 Å². The second-order valence-corrected chi connectivity index (χ2v) is 6.32. The minimum Gasteiger partial charge on any atom is -0.490 e. The van der Waals surface area contributed by atoms with E-state index in [1.165, 1.54) is 0 Å². The van der Waals surface area contributed by atoms with Crippen LogP contribution in [0.15, 0.2) is 53.1 Å². The van der Waals surface area contributed by atoms with Crippen LogP contribution < -0.4 is 9.64 Å². The highest BCUT2D eigenvalue weighted by molar-refractivity contribution is 6.30. The van der Waals surface area contributed by atoms with Crippen molar-refractivity contribution in [1.82, 2.24) is 10.1 Å². The molecule has 1 aliphatic heterocycles. The molecule has 7 heteroatoms. The zero-order valence-electron chi connectivity index (χ0n) is 13.9. The summed E-state index contributed by atoms with van der Waals surface area (Å²) < 4.78 is 10.9. The number of aromatic nitrogens is 2. The second kappa shape index (κ2) is 7.17. The van der Waals surface area contributed by atoms with E-state index < -0.39 is 0 Å². The summed E-state index contributed by atoms with van der Waals surface area (Å²) in [5.41, 5.74) is 1.62. The van der Waals surface area contributed by atoms with Crippen LogP contribution in [0.25, 0.3) is 11.4 Å². The maximum atomic E-state index is 12.6. The Morgan fingerprint density at radius 1 is 1.15 bits per heavy atom. The molecule has 0 bridgehead atoms. The van der Waals surface area contributed by atoms with Crippen LogP contribution in [0.1, 0.15) is 12.3 Å². The van der Waals surface area contributed by atoms with E-state index in [1.54, 1.807) is 17.0 Å². The molecule has 6 nitrogen and oxygen atoms in total. The Balaban J connectivity index is 1.42. The molecule has 0 spiro atoms. The summed E-state index contributed by atoms with van der Waals surface area (Å²) in [5.74, 6) is 1.66. The molecule has 1 aromatic heterocycles. The number of aryl methyl sites for hydroxylation is 1. The molecule has 2 aromatic carbocycles. The minimum atomic E-state index is 0.00647. The van der Waals surface area contributed by atoms with E-state index in [2.05, 4.69) is 10.1 Å². The minimum absolute atomic E-state index is 0.00647. The van der Waals surface area contributed by atoms with Crippen molar-refractivity contribution in [2.75, 3.05) is 18.1 Å². The molecule has 1 aliphatic rings. The standard InChI is InChI=1S/C19H16ClN3O3/c20-14-7-5-13(6-8-14)19-21-17(26-22-19)9-10-18(24)23-11-12-25-16-4-2-1-3-15(16)23/h1-8H,9-12H2. The topological polar surface area (TPSA) is 68.5 Å². The van der Waals surface area contributed by atoms with Crippen LogP contribution in [0.5, 0.6) is 5.75 Å². The van der Waals surface area contributed by atoms with Gasteiger partial charge in [0, 0.05) is 23.4 Å². The first kappa shape index (κ1) is 16.6. The molecule has 4 rings (SSSR count). The molecule has 2 heterocycles. The third-order valence-corrected chi connectivity index (χ3v) is 4.40. The van der Waals surface area contributed by atoms with Crippen LogP contribution in [0.3, 0.4) is 0 Å². The van der Waals surface area contributed by atoms with Crippen molar-refractivity contribution < 1.29 is 14.1 Å². The maximum absolute atomic E-state index is 12.6. The molecule has 26 heavy (non-hydrogen) atoms. The van der Waals surface area contributed by atoms with E-state index in [9.17, 15) is 4.79 Å². The van der Waals surface area contributed by atoms with Crippen molar-refractivity contribution in [3.63, 3.8) is 0 Å². The molecule has 3 aromatic rings. The third-order valence-electron chi connectivity index (χ3n) is 4.15. The lowest BCUT2D eigenvalue weighted by atomic mass is 10.2. The number of nitrogens with zero attached hydrogens (tertiary/aromatic N) is 3. The number of benzene rings is 2. The van der Waals surface area contributed by atoms with Crippen molar-refractivity contribution >= 4 is 23.2 Å². The zero-order chi connectivity index (χ0) is 17.9. The SMILES string of the molecule is O=C(CCc1nc(-c2ccc(Cl)cc2)no1)N1CCOc2ccccc21. The molecule has 0 radical (unpaired) electrons. The third kappa shape index (κ3) is 3.41. The molecule has 0 saturated carbocycles. The lowest BCUT2D eigenvalue weighted by molar-refractivity contribution is -0.118. The number of carbonyl (C=O) groups excluding carboxylic acids is 1. The van der Waals surface area contributed by atoms with E-state index in [-0.39, 0.29) is 12.3 Å². The van der Waals surface area contributed by atoms with Gasteiger partial charge in [-0.05, 0) is 36.4 Å². The quantitative estimate of drug-likeness (QED) is 0.700. The Bertz CT molecular complexity index is 924. The molecule has 0 unspecified atom stereocenters. The highest BCUT2D eigenvalue weighted by Gasteiger charge is 2.23. The Hall–Kier alpha value is -2.86. The molecular formula is C19H16ClN3O3. The smallest absolute Gasteiger partial charge is 0.227 e. The number of hydrogen-bond donors (Lipinski definition) is 0. The van der Waals surface area contributed by atoms with Gasteiger partial charge in [-0.25, -0.2) is 0 Å². The van der Waals surface area contributed by atoms with E-state index in [4.69, 9.17) is 20.9 Å². The summed E-state index contributed by atoms with van der Waals surface area (Å²) in [6.07, 6.45) is 0.676. The first-order valence-corrected chi connectivity index (χ1v) is 8.69. The van der Waals surface area contributed by atoms with Crippen LogP contribution in [0, 0.1) is 0 Å². The molecule has 0 atom stereocenters. The molecule has 132 valence electrons. The number of ether oxygens (including phenoxy) is 1. The second-order valence-electron chi connectivity index (χ2n) is 5.88. The Labute approximate surface area is 155 Å². The fraction of sp³-hybridized carbons (Fsp3) is 0.211. The van der Waals surface area contributed by atoms with Gasteiger partial charge in [-0.3, -0.25) is 4.79 Å². The monoisotopic (exact) mass is 369 g/mol. The number of hydrogen-bond acceptors (Lipinski definition) is 5. The molecule has 0 saturated heterocycles. The van der Waals surface area contributed by atoms with E-state index in [0.29, 0.717) is 36.3 Å². The van der Waals surface area contributed by atoms with E-state index in [0.717, 1.165) is 17.0 Å². The van der Waals surface area contributed by atoms with E-state index in [1.807, 2.05) is 36.4 Å². The Kier molecular flexibility index (Phi) is 4.58. The fourth-order valence-corrected chi connectivity index (χ4v) is 2.98. The van der Waals surface area contributed by atoms with Crippen molar-refractivity contribution in [1.29, 1.82) is 0 Å². The number of para-hydroxylation sites is 2. The van der Waals surface area contributed by atoms with Crippen LogP contribution in [-0.4, -0.2) is 29.2 Å². The first-order valence-electron chi connectivity index (χ1n) is 8.31. The van der Waals surface area contributed by atoms with Gasteiger partial charge < -0.3 is 14.2 Å². The average Bonchev–Trinajstić information content (AvgIpc) is 3.15. The number of rotatable bonds is 4. The van der Waals surface area contributed by atoms with E-state index >= 15 is 0 Å². The summed E-state index contributed by atoms with van der Waals surface area (Å²) >= 11 is 5.88. The van der Waals surface area contributed by atoms with Crippen LogP contribution in [0.2, 0.25) is 5.02 Å². The summed E-state index contributed by atoms with van der Waals surface area (Å²) in [4.78, 5) is 18.7. The van der Waals surface area contributed by atoms with Gasteiger partial charge in [-0.1, -0.05) is 28.9 Å². The normalized spacial score (nSPS) is 13.2. The lowest BCUT2D eigenvalue weighted by Crippen LogP contribution is -2.38. The first-order chi connectivity index (χ1) is 12.7. The highest BCUT2D eigenvalue weighted by Crippen LogP contribution is 2.31. The van der Waals surface area contributed by atoms with Gasteiger partial charge in [-0.2, -0.15) is 4.98 Å². The van der Waals surface area contributed by atoms with Crippen molar-refractivity contribution in [2.24, 2.45) is 0 Å². The molecular weight excluding hydrogens is 354 g/mol. The number of fused-ring (bicyclic) bond motifs is 1.